The van der Waals surface area contributed by atoms with Crippen LogP contribution >= 0.6 is 10.0 Å². The van der Waals surface area contributed by atoms with Gasteiger partial charge in [-0.05, 0) is 114 Å². The maximum atomic E-state index is 6.14. The molecule has 0 saturated heterocycles. The molecular weight excluding hydrogens is 677 g/mol. The van der Waals surface area contributed by atoms with Crippen molar-refractivity contribution in [3.05, 3.63) is 126 Å². The van der Waals surface area contributed by atoms with Crippen LogP contribution in [0.25, 0.3) is 27.9 Å². The Morgan fingerprint density at radius 1 is 0.704 bits per heavy atom. The molecule has 0 radical (unpaired) electrons. The molecule has 4 aromatic rings. The summed E-state index contributed by atoms with van der Waals surface area (Å²) in [5, 5.41) is 1.38. The average Bonchev–Trinajstić information content (AvgIpc) is 3.48. The van der Waals surface area contributed by atoms with Crippen molar-refractivity contribution in [1.29, 1.82) is 0 Å². The van der Waals surface area contributed by atoms with Crippen LogP contribution in [0.2, 0.25) is 0 Å². The molecule has 292 valence electrons. The molecule has 0 amide bonds. The van der Waals surface area contributed by atoms with Gasteiger partial charge in [-0.25, -0.2) is 10.0 Å². The second-order valence-electron chi connectivity index (χ2n) is 17.5. The number of rotatable bonds is 14. The van der Waals surface area contributed by atoms with Crippen molar-refractivity contribution in [3.63, 3.8) is 0 Å². The predicted octanol–water partition coefficient (Wildman–Crippen LogP) is 13.6. The van der Waals surface area contributed by atoms with Gasteiger partial charge in [0.25, 0.3) is 0 Å². The molecule has 3 nitrogen and oxygen atoms in total. The molecule has 5 rings (SSSR count). The Balaban J connectivity index is 1.78. The van der Waals surface area contributed by atoms with E-state index in [1.807, 2.05) is 0 Å². The van der Waals surface area contributed by atoms with Crippen molar-refractivity contribution in [2.75, 3.05) is 25.7 Å². The topological polar surface area (TPSA) is 17.4 Å². The van der Waals surface area contributed by atoms with E-state index in [9.17, 15) is 0 Å². The molecule has 1 aliphatic heterocycles. The summed E-state index contributed by atoms with van der Waals surface area (Å²) in [6, 6.07) is 31.8. The van der Waals surface area contributed by atoms with E-state index in [4.69, 9.17) is 4.74 Å². The second-order valence-corrected chi connectivity index (χ2v) is 22.0. The summed E-state index contributed by atoms with van der Waals surface area (Å²) in [7, 11) is 3.08. The molecule has 4 atom stereocenters. The zero-order valence-electron chi connectivity index (χ0n) is 35.7. The van der Waals surface area contributed by atoms with Gasteiger partial charge in [0.1, 0.15) is 0 Å². The summed E-state index contributed by atoms with van der Waals surface area (Å²) in [6.45, 7) is 22.5. The van der Waals surface area contributed by atoms with Crippen molar-refractivity contribution in [1.82, 2.24) is 9.47 Å². The number of nitrogens with zero attached hydrogens (tertiary/aromatic N) is 2. The number of para-hydroxylation sites is 1. The van der Waals surface area contributed by atoms with Crippen LogP contribution in [0, 0.1) is 5.92 Å². The van der Waals surface area contributed by atoms with Gasteiger partial charge in [0.05, 0.1) is 11.3 Å². The van der Waals surface area contributed by atoms with Gasteiger partial charge in [0, 0.05) is 52.8 Å². The minimum absolute atomic E-state index is 0.0867. The Morgan fingerprint density at radius 2 is 1.28 bits per heavy atom. The molecule has 54 heavy (non-hydrogen) atoms. The number of hydrogen-bond donors (Lipinski definition) is 0. The normalized spacial score (nSPS) is 22.5. The van der Waals surface area contributed by atoms with Gasteiger partial charge in [-0.2, -0.15) is 0 Å². The van der Waals surface area contributed by atoms with E-state index in [0.29, 0.717) is 0 Å². The minimum atomic E-state index is -1.52. The van der Waals surface area contributed by atoms with E-state index >= 15 is 0 Å². The summed E-state index contributed by atoms with van der Waals surface area (Å²) in [5.74, 6) is 1.45. The Bertz CT molecular complexity index is 1930. The maximum absolute atomic E-state index is 6.14. The lowest BCUT2D eigenvalue weighted by Crippen LogP contribution is -2.47. The number of benzene rings is 3. The zero-order valence-corrected chi connectivity index (χ0v) is 36.5. The fourth-order valence-corrected chi connectivity index (χ4v) is 14.1. The lowest BCUT2D eigenvalue weighted by atomic mass is 9.83. The van der Waals surface area contributed by atoms with Gasteiger partial charge < -0.3 is 14.2 Å². The van der Waals surface area contributed by atoms with E-state index < -0.39 is 10.0 Å². The fourth-order valence-electron chi connectivity index (χ4n) is 9.16. The highest BCUT2D eigenvalue weighted by atomic mass is 32.3. The van der Waals surface area contributed by atoms with Crippen LogP contribution in [0.15, 0.2) is 115 Å². The lowest BCUT2D eigenvalue weighted by molar-refractivity contribution is -0.00471. The minimum Gasteiger partial charge on any atom is -0.376 e. The molecule has 1 aliphatic rings. The molecule has 2 heterocycles. The second kappa shape index (κ2) is 17.1. The molecule has 0 spiro atoms. The van der Waals surface area contributed by atoms with Crippen molar-refractivity contribution in [3.8, 4) is 11.3 Å². The molecule has 0 bridgehead atoms. The summed E-state index contributed by atoms with van der Waals surface area (Å²) >= 11 is 0. The molecule has 4 heteroatoms. The van der Waals surface area contributed by atoms with Crippen LogP contribution in [0.1, 0.15) is 106 Å². The van der Waals surface area contributed by atoms with Gasteiger partial charge in [-0.15, -0.1) is 0 Å². The number of likely N-dealkylation sites (N-methyl/N-ethyl adjacent to an activating group) is 1. The van der Waals surface area contributed by atoms with E-state index in [0.717, 1.165) is 19.4 Å². The first-order valence-corrected chi connectivity index (χ1v) is 22.7. The monoisotopic (exact) mass is 747 g/mol. The largest absolute Gasteiger partial charge is 0.376 e. The van der Waals surface area contributed by atoms with Crippen LogP contribution in [0.5, 0.6) is 0 Å². The number of fused-ring (bicyclic) bond motifs is 1. The third-order valence-electron chi connectivity index (χ3n) is 12.7. The van der Waals surface area contributed by atoms with E-state index in [-0.39, 0.29) is 27.1 Å². The highest BCUT2D eigenvalue weighted by molar-refractivity contribution is 8.35. The van der Waals surface area contributed by atoms with Gasteiger partial charge in [0.2, 0.25) is 0 Å². The summed E-state index contributed by atoms with van der Waals surface area (Å²) in [4.78, 5) is 2.56. The standard InChI is InChI=1S/C50H70N2OS/c1-13-50(9,44-38(2)28-22-23-29-39(3)51(10)46(44)40-30-18-16-19-31-40)54(12,37-27-15-14-26-36-53-48(4,5)6)49(7,8)45-42-34-24-25-35-43(42)52(11)47(45)41-32-20-17-21-33-41/h16-25,28-35,38-39H,13-15,26-27,36-37H2,1-12H3/b28-22-,29-23-,46-44+. The highest BCUT2D eigenvalue weighted by Gasteiger charge is 2.54. The molecule has 0 fully saturated rings. The Morgan fingerprint density at radius 3 is 1.91 bits per heavy atom. The lowest BCUT2D eigenvalue weighted by Gasteiger charge is -2.63. The first-order chi connectivity index (χ1) is 25.6. The molecule has 0 saturated carbocycles. The summed E-state index contributed by atoms with van der Waals surface area (Å²) in [6.07, 6.45) is 17.9. The summed E-state index contributed by atoms with van der Waals surface area (Å²) in [5.41, 5.74) is 9.65. The molecular formula is C50H70N2OS. The van der Waals surface area contributed by atoms with Gasteiger partial charge in [-0.1, -0.05) is 130 Å². The SMILES string of the molecule is CCC(C)(/C1=C(\c2ccccc2)N(C)C(C)/C=C\C=C/C1C)S(C)(CCCCCCOC(C)(C)C)C(C)(C)c1c(-c2ccccc2)n(C)c2ccccc12. The van der Waals surface area contributed by atoms with E-state index in [1.54, 1.807) is 5.57 Å². The zero-order chi connectivity index (χ0) is 39.3. The van der Waals surface area contributed by atoms with Crippen molar-refractivity contribution < 1.29 is 4.74 Å². The molecule has 3 aromatic carbocycles. The molecule has 1 aromatic heterocycles. The molecule has 0 N–H and O–H groups in total. The third-order valence-corrected chi connectivity index (χ3v) is 18.8. The highest BCUT2D eigenvalue weighted by Crippen LogP contribution is 2.75. The van der Waals surface area contributed by atoms with Crippen molar-refractivity contribution >= 4 is 26.6 Å². The van der Waals surface area contributed by atoms with E-state index in [1.165, 1.54) is 64.0 Å². The number of unbranched alkanes of at least 4 members (excludes halogenated alkanes) is 3. The van der Waals surface area contributed by atoms with Crippen LogP contribution in [-0.4, -0.2) is 51.5 Å². The van der Waals surface area contributed by atoms with Crippen LogP contribution in [0.3, 0.4) is 0 Å². The van der Waals surface area contributed by atoms with Crippen molar-refractivity contribution in [2.45, 2.75) is 116 Å². The Labute approximate surface area is 330 Å². The van der Waals surface area contributed by atoms with Crippen LogP contribution in [-0.2, 0) is 16.5 Å². The Hall–Kier alpha value is -3.47. The third kappa shape index (κ3) is 8.21. The number of hydrogen-bond acceptors (Lipinski definition) is 2. The first-order valence-electron chi connectivity index (χ1n) is 20.5. The first kappa shape index (κ1) is 41.7. The predicted molar refractivity (Wildman–Crippen MR) is 241 cm³/mol. The average molecular weight is 747 g/mol. The van der Waals surface area contributed by atoms with Gasteiger partial charge >= 0.3 is 0 Å². The van der Waals surface area contributed by atoms with Crippen LogP contribution in [0.4, 0.5) is 0 Å². The maximum Gasteiger partial charge on any atom is 0.0598 e. The van der Waals surface area contributed by atoms with Gasteiger partial charge in [-0.3, -0.25) is 0 Å². The smallest absolute Gasteiger partial charge is 0.0598 e. The Kier molecular flexibility index (Phi) is 13.2. The fraction of sp³-hybridized carbons (Fsp3) is 0.480. The van der Waals surface area contributed by atoms with Crippen molar-refractivity contribution in [2.24, 2.45) is 13.0 Å². The van der Waals surface area contributed by atoms with E-state index in [2.05, 4.69) is 201 Å². The number of aryl methyl sites for hydroxylation is 1. The molecule has 4 unspecified atom stereocenters. The molecule has 0 aliphatic carbocycles. The number of allylic oxidation sites excluding steroid dienone is 3. The van der Waals surface area contributed by atoms with Gasteiger partial charge in [0.15, 0.2) is 0 Å². The summed E-state index contributed by atoms with van der Waals surface area (Å²) < 4.78 is 8.35. The van der Waals surface area contributed by atoms with Crippen LogP contribution < -0.4 is 0 Å². The number of aromatic nitrogens is 1. The quantitative estimate of drug-likeness (QED) is 0.120. The number of ether oxygens (including phenoxy) is 1.